The van der Waals surface area contributed by atoms with Crippen LogP contribution in [0.3, 0.4) is 0 Å². The molecule has 3 atom stereocenters. The van der Waals surface area contributed by atoms with E-state index in [1.165, 1.54) is 0 Å². The third-order valence-corrected chi connectivity index (χ3v) is 5.31. The van der Waals surface area contributed by atoms with Crippen molar-refractivity contribution < 1.29 is 32.7 Å². The molecule has 0 bridgehead atoms. The molecule has 0 radical (unpaired) electrons. The van der Waals surface area contributed by atoms with Crippen LogP contribution in [-0.2, 0) is 9.59 Å². The highest BCUT2D eigenvalue weighted by Gasteiger charge is 2.38. The van der Waals surface area contributed by atoms with E-state index < -0.39 is 12.1 Å². The van der Waals surface area contributed by atoms with E-state index in [1.54, 1.807) is 31.1 Å². The molecule has 1 saturated carbocycles. The molecule has 2 amide bonds. The Hall–Kier alpha value is -2.79. The van der Waals surface area contributed by atoms with Gasteiger partial charge in [0.15, 0.2) is 0 Å². The van der Waals surface area contributed by atoms with Crippen LogP contribution in [0, 0.1) is 5.92 Å². The van der Waals surface area contributed by atoms with Crippen LogP contribution >= 0.6 is 11.6 Å². The van der Waals surface area contributed by atoms with E-state index in [4.69, 9.17) is 27.2 Å². The van der Waals surface area contributed by atoms with E-state index in [2.05, 4.69) is 10.3 Å². The molecule has 2 aromatic rings. The molecule has 32 heavy (non-hydrogen) atoms. The molecule has 0 unspecified atom stereocenters. The minimum Gasteiger partial charge on any atom is -0.475 e. The zero-order valence-electron chi connectivity index (χ0n) is 17.4. The summed E-state index contributed by atoms with van der Waals surface area (Å²) in [5.41, 5.74) is 7.56. The lowest BCUT2D eigenvalue weighted by Gasteiger charge is -2.34. The van der Waals surface area contributed by atoms with Crippen LogP contribution in [0.1, 0.15) is 29.8 Å². The summed E-state index contributed by atoms with van der Waals surface area (Å²) in [7, 11) is 3.51. The van der Waals surface area contributed by atoms with Crippen molar-refractivity contribution in [3.05, 3.63) is 35.0 Å². The van der Waals surface area contributed by atoms with Crippen LogP contribution in [-0.4, -0.2) is 65.1 Å². The summed E-state index contributed by atoms with van der Waals surface area (Å²) in [5.74, 6) is -2.90. The van der Waals surface area contributed by atoms with Gasteiger partial charge in [0.25, 0.3) is 5.91 Å². The van der Waals surface area contributed by atoms with Gasteiger partial charge in [0.1, 0.15) is 5.69 Å². The van der Waals surface area contributed by atoms with E-state index in [0.717, 1.165) is 17.3 Å². The monoisotopic (exact) mass is 476 g/mol. The number of alkyl halides is 3. The van der Waals surface area contributed by atoms with Crippen LogP contribution < -0.4 is 11.1 Å². The lowest BCUT2D eigenvalue weighted by molar-refractivity contribution is -0.192. The van der Waals surface area contributed by atoms with Gasteiger partial charge >= 0.3 is 12.1 Å². The average molecular weight is 477 g/mol. The molecule has 8 nitrogen and oxygen atoms in total. The smallest absolute Gasteiger partial charge is 0.475 e. The number of amides is 2. The number of nitrogens with one attached hydrogen (secondary N) is 2. The Morgan fingerprint density at radius 1 is 1.22 bits per heavy atom. The second-order valence-electron chi connectivity index (χ2n) is 7.70. The van der Waals surface area contributed by atoms with Crippen molar-refractivity contribution in [2.24, 2.45) is 11.7 Å². The minimum atomic E-state index is -5.08. The molecule has 1 fully saturated rings. The number of fused-ring (bicyclic) bond motifs is 1. The number of rotatable bonds is 3. The molecule has 0 aliphatic heterocycles. The van der Waals surface area contributed by atoms with Gasteiger partial charge in [0.05, 0.1) is 0 Å². The fourth-order valence-electron chi connectivity index (χ4n) is 3.45. The number of aromatic amines is 1. The highest BCUT2D eigenvalue weighted by molar-refractivity contribution is 6.31. The maximum Gasteiger partial charge on any atom is 0.490 e. The summed E-state index contributed by atoms with van der Waals surface area (Å²) in [6.45, 7) is 0. The maximum atomic E-state index is 12.5. The van der Waals surface area contributed by atoms with Gasteiger partial charge in [-0.3, -0.25) is 9.59 Å². The van der Waals surface area contributed by atoms with Crippen molar-refractivity contribution in [1.29, 1.82) is 0 Å². The molecular weight excluding hydrogens is 453 g/mol. The van der Waals surface area contributed by atoms with Crippen molar-refractivity contribution in [2.45, 2.75) is 37.5 Å². The number of carboxylic acid groups (broad SMARTS) is 1. The van der Waals surface area contributed by atoms with Crippen LogP contribution in [0.2, 0.25) is 5.02 Å². The van der Waals surface area contributed by atoms with Crippen molar-refractivity contribution in [2.75, 3.05) is 14.1 Å². The van der Waals surface area contributed by atoms with E-state index in [9.17, 15) is 22.8 Å². The molecule has 1 aliphatic carbocycles. The zero-order chi connectivity index (χ0) is 24.2. The number of benzene rings is 1. The van der Waals surface area contributed by atoms with Gasteiger partial charge in [-0.25, -0.2) is 4.79 Å². The Morgan fingerprint density at radius 3 is 2.38 bits per heavy atom. The van der Waals surface area contributed by atoms with Crippen molar-refractivity contribution >= 4 is 40.3 Å². The third kappa shape index (κ3) is 6.60. The third-order valence-electron chi connectivity index (χ3n) is 5.08. The minimum absolute atomic E-state index is 0.0617. The molecule has 1 heterocycles. The first-order valence-electron chi connectivity index (χ1n) is 9.65. The topological polar surface area (TPSA) is 129 Å². The maximum absolute atomic E-state index is 12.5. The summed E-state index contributed by atoms with van der Waals surface area (Å²) in [6, 6.07) is 6.86. The number of hydrogen-bond donors (Lipinski definition) is 4. The second kappa shape index (κ2) is 10.2. The number of aliphatic carboxylic acids is 1. The summed E-state index contributed by atoms with van der Waals surface area (Å²) >= 11 is 5.98. The van der Waals surface area contributed by atoms with E-state index in [1.807, 2.05) is 12.1 Å². The van der Waals surface area contributed by atoms with Crippen molar-refractivity contribution in [3.63, 3.8) is 0 Å². The van der Waals surface area contributed by atoms with E-state index in [-0.39, 0.29) is 29.8 Å². The standard InChI is InChI=1S/C18H23ClN4O2.C2HF3O2/c1-23(2)18(25)10-3-5-15(13(20)8-10)22-17(24)16-9-11-7-12(19)4-6-14(11)21-16;3-2(4,5)1(6)7/h4,6-7,9-10,13,15,21H,3,5,8,20H2,1-2H3,(H,22,24);(H,6,7)/t10-,13+,15-;/m0./s1. The number of nitrogens with two attached hydrogens (primary N) is 1. The summed E-state index contributed by atoms with van der Waals surface area (Å²) in [6.07, 6.45) is -3.06. The van der Waals surface area contributed by atoms with Crippen molar-refractivity contribution in [1.82, 2.24) is 15.2 Å². The Bertz CT molecular complexity index is 993. The molecule has 1 aromatic heterocycles. The van der Waals surface area contributed by atoms with Gasteiger partial charge in [-0.1, -0.05) is 11.6 Å². The first-order valence-corrected chi connectivity index (χ1v) is 10.0. The largest absolute Gasteiger partial charge is 0.490 e. The van der Waals surface area contributed by atoms with Crippen molar-refractivity contribution in [3.8, 4) is 0 Å². The summed E-state index contributed by atoms with van der Waals surface area (Å²) in [4.78, 5) is 38.2. The molecule has 1 aromatic carbocycles. The fraction of sp³-hybridized carbons (Fsp3) is 0.450. The van der Waals surface area contributed by atoms with Crippen LogP contribution in [0.15, 0.2) is 24.3 Å². The average Bonchev–Trinajstić information content (AvgIpc) is 3.11. The fourth-order valence-corrected chi connectivity index (χ4v) is 3.63. The number of carbonyl (C=O) groups excluding carboxylic acids is 2. The molecule has 176 valence electrons. The lowest BCUT2D eigenvalue weighted by atomic mass is 9.82. The summed E-state index contributed by atoms with van der Waals surface area (Å²) in [5, 5.41) is 11.6. The number of halogens is 4. The highest BCUT2D eigenvalue weighted by atomic mass is 35.5. The Morgan fingerprint density at radius 2 is 1.84 bits per heavy atom. The lowest BCUT2D eigenvalue weighted by Crippen LogP contribution is -2.52. The molecule has 5 N–H and O–H groups in total. The zero-order valence-corrected chi connectivity index (χ0v) is 18.1. The van der Waals surface area contributed by atoms with E-state index >= 15 is 0 Å². The molecule has 1 aliphatic rings. The first-order chi connectivity index (χ1) is 14.8. The molecule has 12 heteroatoms. The van der Waals surface area contributed by atoms with Crippen LogP contribution in [0.5, 0.6) is 0 Å². The normalized spacial score (nSPS) is 20.8. The summed E-state index contributed by atoms with van der Waals surface area (Å²) < 4.78 is 31.7. The molecule has 0 spiro atoms. The number of aromatic nitrogens is 1. The number of hydrogen-bond acceptors (Lipinski definition) is 4. The predicted molar refractivity (Wildman–Crippen MR) is 112 cm³/mol. The Balaban J connectivity index is 0.000000451. The van der Waals surface area contributed by atoms with Gasteiger partial charge in [0, 0.05) is 48.0 Å². The number of H-pyrrole nitrogens is 1. The van der Waals surface area contributed by atoms with Gasteiger partial charge in [-0.2, -0.15) is 13.2 Å². The second-order valence-corrected chi connectivity index (χ2v) is 8.14. The Kier molecular flexibility index (Phi) is 8.13. The van der Waals surface area contributed by atoms with E-state index in [0.29, 0.717) is 23.6 Å². The molecule has 3 rings (SSSR count). The molecule has 0 saturated heterocycles. The van der Waals surface area contributed by atoms with Gasteiger partial charge in [-0.15, -0.1) is 0 Å². The number of carboxylic acids is 1. The van der Waals surface area contributed by atoms with Crippen LogP contribution in [0.25, 0.3) is 10.9 Å². The van der Waals surface area contributed by atoms with Gasteiger partial charge in [-0.05, 0) is 43.5 Å². The predicted octanol–water partition coefficient (Wildman–Crippen LogP) is 2.77. The SMILES string of the molecule is CN(C)C(=O)[C@H]1CC[C@H](NC(=O)c2cc3cc(Cl)ccc3[nH]2)[C@H](N)C1.O=C(O)C(F)(F)F. The first kappa shape index (κ1) is 25.5. The molecular formula is C20H24ClF3N4O4. The van der Waals surface area contributed by atoms with Gasteiger partial charge in [0.2, 0.25) is 5.91 Å². The van der Waals surface area contributed by atoms with Crippen LogP contribution in [0.4, 0.5) is 13.2 Å². The van der Waals surface area contributed by atoms with Gasteiger partial charge < -0.3 is 26.0 Å². The Labute approximate surface area is 186 Å². The number of carbonyl (C=O) groups is 3. The quantitative estimate of drug-likeness (QED) is 0.541. The highest BCUT2D eigenvalue weighted by Crippen LogP contribution is 2.26. The number of nitrogens with zero attached hydrogens (tertiary/aromatic N) is 1.